The van der Waals surface area contributed by atoms with Crippen LogP contribution in [-0.4, -0.2) is 40.2 Å². The predicted octanol–water partition coefficient (Wildman–Crippen LogP) is 6.62. The third-order valence-electron chi connectivity index (χ3n) is 4.76. The van der Waals surface area contributed by atoms with Crippen molar-refractivity contribution in [2.24, 2.45) is 0 Å². The molecule has 0 atom stereocenters. The number of nitrogens with zero attached hydrogens (tertiary/aromatic N) is 3. The normalized spacial score (nSPS) is 10.2. The monoisotopic (exact) mass is 590 g/mol. The summed E-state index contributed by atoms with van der Waals surface area (Å²) in [4.78, 5) is 30.1. The number of halogens is 2. The van der Waals surface area contributed by atoms with E-state index in [-0.39, 0.29) is 32.7 Å². The second-order valence-electron chi connectivity index (χ2n) is 7.24. The Morgan fingerprint density at radius 2 is 1.64 bits per heavy atom. The number of methoxy groups -OCH3 is 2. The summed E-state index contributed by atoms with van der Waals surface area (Å²) in [6, 6.07) is 18.0. The molecular formula is C25H20Cl2N4O7S. The third kappa shape index (κ3) is 7.63. The molecule has 4 aromatic rings. The zero-order chi connectivity index (χ0) is 28.5. The number of para-hydroxylation sites is 1. The molecule has 202 valence electrons. The van der Waals surface area contributed by atoms with E-state index in [1.807, 2.05) is 6.07 Å². The number of nitro groups is 1. The number of hydrogen-bond acceptors (Lipinski definition) is 10. The molecule has 1 heterocycles. The first-order chi connectivity index (χ1) is 18.6. The second-order valence-corrected chi connectivity index (χ2v) is 9.03. The van der Waals surface area contributed by atoms with Crippen LogP contribution in [0.3, 0.4) is 0 Å². The topological polar surface area (TPSA) is 160 Å². The molecule has 0 saturated carbocycles. The number of aromatic carboxylic acids is 1. The van der Waals surface area contributed by atoms with Crippen molar-refractivity contribution in [3.05, 3.63) is 92.5 Å². The minimum absolute atomic E-state index is 0.00885. The van der Waals surface area contributed by atoms with Gasteiger partial charge < -0.3 is 25.1 Å². The van der Waals surface area contributed by atoms with Gasteiger partial charge >= 0.3 is 5.97 Å². The van der Waals surface area contributed by atoms with Gasteiger partial charge in [-0.2, -0.15) is 9.97 Å². The van der Waals surface area contributed by atoms with Crippen LogP contribution in [0.5, 0.6) is 23.3 Å². The Morgan fingerprint density at radius 1 is 1.00 bits per heavy atom. The number of ether oxygens (including phenoxy) is 3. The number of anilines is 1. The summed E-state index contributed by atoms with van der Waals surface area (Å²) in [7, 11) is 2.94. The zero-order valence-corrected chi connectivity index (χ0v) is 22.7. The van der Waals surface area contributed by atoms with Crippen LogP contribution < -0.4 is 19.9 Å². The number of nitrogen functional groups attached to an aromatic ring is 1. The first-order valence-electron chi connectivity index (χ1n) is 10.8. The van der Waals surface area contributed by atoms with Gasteiger partial charge in [-0.15, -0.1) is 0 Å². The lowest BCUT2D eigenvalue weighted by molar-refractivity contribution is -0.383. The Labute approximate surface area is 236 Å². The SMILES string of the molecule is COc1cc(OC)nc(Sc2cccc(Cl)c2C(=O)O)n1.Nc1c([N+](=O)[O-])ccc(Oc2ccccc2)c1Cl. The lowest BCUT2D eigenvalue weighted by Crippen LogP contribution is -2.01. The molecule has 0 amide bonds. The first kappa shape index (κ1) is 29.3. The van der Waals surface area contributed by atoms with Crippen molar-refractivity contribution in [2.45, 2.75) is 10.1 Å². The summed E-state index contributed by atoms with van der Waals surface area (Å²) in [5.41, 5.74) is 5.26. The maximum absolute atomic E-state index is 11.3. The molecule has 0 fully saturated rings. The molecule has 1 aromatic heterocycles. The summed E-state index contributed by atoms with van der Waals surface area (Å²) in [5.74, 6) is 0.392. The van der Waals surface area contributed by atoms with Crippen LogP contribution in [0.15, 0.2) is 76.8 Å². The number of nitro benzene ring substituents is 1. The van der Waals surface area contributed by atoms with Gasteiger partial charge in [0.15, 0.2) is 5.16 Å². The highest BCUT2D eigenvalue weighted by Crippen LogP contribution is 2.39. The lowest BCUT2D eigenvalue weighted by Gasteiger charge is -2.08. The van der Waals surface area contributed by atoms with Gasteiger partial charge in [0, 0.05) is 11.0 Å². The Balaban J connectivity index is 0.000000218. The fourth-order valence-corrected chi connectivity index (χ4v) is 4.37. The number of benzene rings is 3. The fraction of sp³-hybridized carbons (Fsp3) is 0.0800. The summed E-state index contributed by atoms with van der Waals surface area (Å²) >= 11 is 12.9. The fourth-order valence-electron chi connectivity index (χ4n) is 2.95. The smallest absolute Gasteiger partial charge is 0.338 e. The number of carboxylic acid groups (broad SMARTS) is 1. The third-order valence-corrected chi connectivity index (χ3v) is 6.39. The van der Waals surface area contributed by atoms with Gasteiger partial charge in [-0.1, -0.05) is 47.5 Å². The predicted molar refractivity (Wildman–Crippen MR) is 147 cm³/mol. The van der Waals surface area contributed by atoms with E-state index in [1.165, 1.54) is 38.5 Å². The Hall–Kier alpha value is -4.26. The lowest BCUT2D eigenvalue weighted by atomic mass is 10.2. The van der Waals surface area contributed by atoms with Crippen LogP contribution in [0, 0.1) is 10.1 Å². The summed E-state index contributed by atoms with van der Waals surface area (Å²) in [6.45, 7) is 0. The van der Waals surface area contributed by atoms with Gasteiger partial charge in [0.05, 0.1) is 35.8 Å². The van der Waals surface area contributed by atoms with Crippen molar-refractivity contribution in [3.8, 4) is 23.3 Å². The molecule has 4 rings (SSSR count). The largest absolute Gasteiger partial charge is 0.481 e. The van der Waals surface area contributed by atoms with E-state index in [2.05, 4.69) is 9.97 Å². The van der Waals surface area contributed by atoms with E-state index >= 15 is 0 Å². The molecule has 0 unspecified atom stereocenters. The number of carbonyl (C=O) groups is 1. The molecule has 0 bridgehead atoms. The molecule has 0 radical (unpaired) electrons. The first-order valence-corrected chi connectivity index (χ1v) is 12.3. The van der Waals surface area contributed by atoms with Crippen molar-refractivity contribution < 1.29 is 29.0 Å². The highest BCUT2D eigenvalue weighted by atomic mass is 35.5. The minimum Gasteiger partial charge on any atom is -0.481 e. The number of nitrogens with two attached hydrogens (primary N) is 1. The van der Waals surface area contributed by atoms with E-state index in [0.29, 0.717) is 27.6 Å². The van der Waals surface area contributed by atoms with Crippen molar-refractivity contribution in [1.82, 2.24) is 9.97 Å². The highest BCUT2D eigenvalue weighted by molar-refractivity contribution is 7.99. The van der Waals surface area contributed by atoms with Crippen molar-refractivity contribution >= 4 is 52.3 Å². The molecule has 3 aromatic carbocycles. The molecule has 11 nitrogen and oxygen atoms in total. The average Bonchev–Trinajstić information content (AvgIpc) is 2.91. The molecule has 0 spiro atoms. The van der Waals surface area contributed by atoms with E-state index in [4.69, 9.17) is 43.1 Å². The van der Waals surface area contributed by atoms with Gasteiger partial charge in [0.1, 0.15) is 22.2 Å². The molecule has 0 aliphatic heterocycles. The molecule has 0 aliphatic rings. The minimum atomic E-state index is -1.11. The van der Waals surface area contributed by atoms with Gasteiger partial charge in [-0.25, -0.2) is 4.79 Å². The quantitative estimate of drug-likeness (QED) is 0.0981. The number of rotatable bonds is 8. The van der Waals surface area contributed by atoms with E-state index in [0.717, 1.165) is 11.8 Å². The molecular weight excluding hydrogens is 571 g/mol. The zero-order valence-electron chi connectivity index (χ0n) is 20.3. The number of hydrogen-bond donors (Lipinski definition) is 2. The average molecular weight is 591 g/mol. The Bertz CT molecular complexity index is 1470. The molecule has 14 heteroatoms. The molecule has 3 N–H and O–H groups in total. The summed E-state index contributed by atoms with van der Waals surface area (Å²) in [6.07, 6.45) is 0. The second kappa shape index (κ2) is 13.5. The highest BCUT2D eigenvalue weighted by Gasteiger charge is 2.19. The maximum atomic E-state index is 11.3. The van der Waals surface area contributed by atoms with Gasteiger partial charge in [0.2, 0.25) is 11.8 Å². The van der Waals surface area contributed by atoms with Crippen LogP contribution in [-0.2, 0) is 0 Å². The standard InChI is InChI=1S/C13H11ClN2O4S.C12H9ClN2O3/c1-19-9-6-10(20-2)16-13(15-9)21-8-5-3-4-7(14)11(8)12(17)18;13-11-10(18-8-4-2-1-3-5-8)7-6-9(12(11)14)15(16)17/h3-6H,1-2H3,(H,17,18);1-7H,14H2. The van der Waals surface area contributed by atoms with Crippen LogP contribution in [0.2, 0.25) is 10.0 Å². The number of aromatic nitrogens is 2. The van der Waals surface area contributed by atoms with Crippen molar-refractivity contribution in [3.63, 3.8) is 0 Å². The van der Waals surface area contributed by atoms with Gasteiger partial charge in [0.25, 0.3) is 5.69 Å². The summed E-state index contributed by atoms with van der Waals surface area (Å²) in [5, 5.41) is 20.4. The molecule has 0 saturated heterocycles. The molecule has 0 aliphatic carbocycles. The van der Waals surface area contributed by atoms with Crippen LogP contribution in [0.4, 0.5) is 11.4 Å². The van der Waals surface area contributed by atoms with Gasteiger partial charge in [-0.05, 0) is 42.1 Å². The maximum Gasteiger partial charge on any atom is 0.338 e. The number of carboxylic acids is 1. The summed E-state index contributed by atoms with van der Waals surface area (Å²) < 4.78 is 15.6. The molecule has 39 heavy (non-hydrogen) atoms. The van der Waals surface area contributed by atoms with E-state index in [1.54, 1.807) is 36.4 Å². The Kier molecular flexibility index (Phi) is 10.1. The van der Waals surface area contributed by atoms with Crippen LogP contribution >= 0.6 is 35.0 Å². The Morgan fingerprint density at radius 3 is 2.21 bits per heavy atom. The van der Waals surface area contributed by atoms with Crippen LogP contribution in [0.25, 0.3) is 0 Å². The van der Waals surface area contributed by atoms with Crippen molar-refractivity contribution in [1.29, 1.82) is 0 Å². The van der Waals surface area contributed by atoms with Crippen LogP contribution in [0.1, 0.15) is 10.4 Å². The van der Waals surface area contributed by atoms with Crippen molar-refractivity contribution in [2.75, 3.05) is 20.0 Å². The van der Waals surface area contributed by atoms with E-state index in [9.17, 15) is 20.0 Å². The van der Waals surface area contributed by atoms with Gasteiger partial charge in [-0.3, -0.25) is 10.1 Å². The van der Waals surface area contributed by atoms with E-state index < -0.39 is 10.9 Å².